The number of rotatable bonds is 8. The van der Waals surface area contributed by atoms with Gasteiger partial charge in [-0.25, -0.2) is 0 Å². The van der Waals surface area contributed by atoms with Crippen molar-refractivity contribution >= 4 is 30.5 Å². The molecule has 0 saturated heterocycles. The van der Waals surface area contributed by atoms with Crippen LogP contribution in [0.1, 0.15) is 40.0 Å². The van der Waals surface area contributed by atoms with Crippen LogP contribution in [0.25, 0.3) is 0 Å². The Morgan fingerprint density at radius 1 is 1.43 bits per heavy atom. The van der Waals surface area contributed by atoms with Crippen LogP contribution in [-0.2, 0) is 0 Å². The first-order valence-electron chi connectivity index (χ1n) is 5.40. The van der Waals surface area contributed by atoms with Gasteiger partial charge in [-0.1, -0.05) is 51.1 Å². The molecule has 4 heteroatoms. The molecule has 0 amide bonds. The van der Waals surface area contributed by atoms with Crippen LogP contribution in [0.4, 0.5) is 0 Å². The molecular formula is C10H22BNS2. The van der Waals surface area contributed by atoms with Crippen molar-refractivity contribution in [2.75, 3.05) is 6.54 Å². The molecular weight excluding hydrogens is 209 g/mol. The fourth-order valence-corrected chi connectivity index (χ4v) is 2.22. The van der Waals surface area contributed by atoms with E-state index in [0.29, 0.717) is 5.82 Å². The van der Waals surface area contributed by atoms with E-state index in [-0.39, 0.29) is 0 Å². The van der Waals surface area contributed by atoms with E-state index in [2.05, 4.69) is 37.2 Å². The van der Waals surface area contributed by atoms with Crippen molar-refractivity contribution in [2.45, 2.75) is 45.9 Å². The summed E-state index contributed by atoms with van der Waals surface area (Å²) in [4.78, 5) is 0. The molecule has 0 aromatic rings. The van der Waals surface area contributed by atoms with Crippen LogP contribution < -0.4 is 4.72 Å². The van der Waals surface area contributed by atoms with E-state index in [1.807, 2.05) is 0 Å². The zero-order valence-corrected chi connectivity index (χ0v) is 11.2. The number of thiol groups is 1. The monoisotopic (exact) mass is 231 g/mol. The first-order chi connectivity index (χ1) is 6.61. The van der Waals surface area contributed by atoms with Gasteiger partial charge in [-0.05, 0) is 29.2 Å². The summed E-state index contributed by atoms with van der Waals surface area (Å²) in [6, 6.07) is 0. The highest BCUT2D eigenvalue weighted by molar-refractivity contribution is 8.67. The van der Waals surface area contributed by atoms with E-state index in [1.54, 1.807) is 0 Å². The molecule has 0 bridgehead atoms. The average Bonchev–Trinajstić information content (AvgIpc) is 2.15. The molecule has 0 rings (SSSR count). The van der Waals surface area contributed by atoms with Gasteiger partial charge in [-0.15, -0.1) is 0 Å². The highest BCUT2D eigenvalue weighted by Crippen LogP contribution is 2.27. The highest BCUT2D eigenvalue weighted by atomic mass is 33.1. The van der Waals surface area contributed by atoms with Crippen LogP contribution in [0, 0.1) is 11.8 Å². The molecule has 0 fully saturated rings. The Balaban J connectivity index is 3.84. The van der Waals surface area contributed by atoms with E-state index >= 15 is 0 Å². The largest absolute Gasteiger partial charge is 0.255 e. The van der Waals surface area contributed by atoms with E-state index in [1.165, 1.54) is 23.8 Å². The van der Waals surface area contributed by atoms with Crippen LogP contribution in [0.2, 0.25) is 5.82 Å². The Morgan fingerprint density at radius 2 is 2.07 bits per heavy atom. The van der Waals surface area contributed by atoms with Crippen molar-refractivity contribution in [3.05, 3.63) is 0 Å². The molecule has 1 N–H and O–H groups in total. The quantitative estimate of drug-likeness (QED) is 0.218. The van der Waals surface area contributed by atoms with Gasteiger partial charge in [0.05, 0.1) is 7.85 Å². The SMILES string of the molecule is [B]C(C)CC(CCNSS)C(C)CC. The van der Waals surface area contributed by atoms with Crippen LogP contribution in [0.5, 0.6) is 0 Å². The zero-order chi connectivity index (χ0) is 11.0. The molecule has 0 aromatic carbocycles. The third-order valence-electron chi connectivity index (χ3n) is 2.80. The van der Waals surface area contributed by atoms with Crippen molar-refractivity contribution in [1.82, 2.24) is 4.72 Å². The molecule has 0 aromatic heterocycles. The maximum Gasteiger partial charge on any atom is 0.0695 e. The first kappa shape index (κ1) is 14.7. The van der Waals surface area contributed by atoms with E-state index in [9.17, 15) is 0 Å². The second kappa shape index (κ2) is 8.99. The summed E-state index contributed by atoms with van der Waals surface area (Å²) in [6.07, 6.45) is 3.57. The van der Waals surface area contributed by atoms with Gasteiger partial charge in [0.25, 0.3) is 0 Å². The maximum atomic E-state index is 5.85. The number of hydrogen-bond acceptors (Lipinski definition) is 3. The summed E-state index contributed by atoms with van der Waals surface area (Å²) >= 11 is 4.05. The first-order valence-corrected chi connectivity index (χ1v) is 7.27. The molecule has 14 heavy (non-hydrogen) atoms. The van der Waals surface area contributed by atoms with E-state index in [0.717, 1.165) is 24.8 Å². The summed E-state index contributed by atoms with van der Waals surface area (Å²) < 4.78 is 3.17. The number of hydrogen-bond donors (Lipinski definition) is 2. The smallest absolute Gasteiger partial charge is 0.0695 e. The van der Waals surface area contributed by atoms with Gasteiger partial charge in [0, 0.05) is 6.54 Å². The predicted octanol–water partition coefficient (Wildman–Crippen LogP) is 3.49. The second-order valence-electron chi connectivity index (χ2n) is 4.13. The fourth-order valence-electron chi connectivity index (χ4n) is 1.74. The molecule has 2 radical (unpaired) electrons. The average molecular weight is 231 g/mol. The Labute approximate surface area is 99.5 Å². The van der Waals surface area contributed by atoms with E-state index < -0.39 is 0 Å². The van der Waals surface area contributed by atoms with Gasteiger partial charge in [-0.3, -0.25) is 4.72 Å². The lowest BCUT2D eigenvalue weighted by atomic mass is 9.75. The zero-order valence-electron chi connectivity index (χ0n) is 9.49. The topological polar surface area (TPSA) is 12.0 Å². The minimum atomic E-state index is 0.317. The lowest BCUT2D eigenvalue weighted by Crippen LogP contribution is -2.18. The van der Waals surface area contributed by atoms with Gasteiger partial charge in [0.2, 0.25) is 0 Å². The molecule has 0 heterocycles. The second-order valence-corrected chi connectivity index (χ2v) is 5.15. The fraction of sp³-hybridized carbons (Fsp3) is 1.00. The van der Waals surface area contributed by atoms with E-state index in [4.69, 9.17) is 7.85 Å². The van der Waals surface area contributed by atoms with Crippen LogP contribution in [0.15, 0.2) is 0 Å². The number of nitrogens with one attached hydrogen (secondary N) is 1. The van der Waals surface area contributed by atoms with Crippen molar-refractivity contribution in [2.24, 2.45) is 11.8 Å². The van der Waals surface area contributed by atoms with Gasteiger partial charge in [-0.2, -0.15) is 0 Å². The summed E-state index contributed by atoms with van der Waals surface area (Å²) in [5, 5.41) is 0. The summed E-state index contributed by atoms with van der Waals surface area (Å²) in [7, 11) is 7.24. The molecule has 3 unspecified atom stereocenters. The highest BCUT2D eigenvalue weighted by Gasteiger charge is 2.16. The summed E-state index contributed by atoms with van der Waals surface area (Å²) in [5.41, 5.74) is 0. The summed E-state index contributed by atoms with van der Waals surface area (Å²) in [6.45, 7) is 7.69. The van der Waals surface area contributed by atoms with Crippen LogP contribution in [0.3, 0.4) is 0 Å². The lowest BCUT2D eigenvalue weighted by Gasteiger charge is -2.24. The molecule has 0 saturated carbocycles. The Kier molecular flexibility index (Phi) is 9.45. The van der Waals surface area contributed by atoms with Gasteiger partial charge in [0.1, 0.15) is 0 Å². The molecule has 3 atom stereocenters. The third-order valence-corrected chi connectivity index (χ3v) is 3.53. The molecule has 1 nitrogen and oxygen atoms in total. The van der Waals surface area contributed by atoms with Gasteiger partial charge >= 0.3 is 0 Å². The molecule has 0 aliphatic carbocycles. The summed E-state index contributed by atoms with van der Waals surface area (Å²) in [5.74, 6) is 1.83. The lowest BCUT2D eigenvalue weighted by molar-refractivity contribution is 0.307. The normalized spacial score (nSPS) is 17.7. The minimum absolute atomic E-state index is 0.317. The third kappa shape index (κ3) is 7.07. The van der Waals surface area contributed by atoms with Crippen molar-refractivity contribution in [3.8, 4) is 0 Å². The minimum Gasteiger partial charge on any atom is -0.255 e. The Hall–Kier alpha value is 0.725. The van der Waals surface area contributed by atoms with Crippen LogP contribution in [-0.4, -0.2) is 14.4 Å². The molecule has 0 aliphatic rings. The maximum absolute atomic E-state index is 5.85. The molecule has 0 spiro atoms. The van der Waals surface area contributed by atoms with Gasteiger partial charge in [0.15, 0.2) is 0 Å². The van der Waals surface area contributed by atoms with Crippen LogP contribution >= 0.6 is 22.6 Å². The van der Waals surface area contributed by atoms with Crippen molar-refractivity contribution < 1.29 is 0 Å². The Bertz CT molecular complexity index is 133. The van der Waals surface area contributed by atoms with Crippen molar-refractivity contribution in [1.29, 1.82) is 0 Å². The molecule has 82 valence electrons. The standard InChI is InChI=1S/C10H22BNS2/c1-4-8(2)10(7-9(3)11)5-6-12-14-13/h8-10,12-13H,4-7H2,1-3H3. The Morgan fingerprint density at radius 3 is 2.50 bits per heavy atom. The molecule has 0 aliphatic heterocycles. The predicted molar refractivity (Wildman–Crippen MR) is 71.9 cm³/mol. The van der Waals surface area contributed by atoms with Gasteiger partial charge < -0.3 is 0 Å². The van der Waals surface area contributed by atoms with Crippen molar-refractivity contribution in [3.63, 3.8) is 0 Å².